The number of aromatic nitrogens is 1. The second-order valence-electron chi connectivity index (χ2n) is 6.23. The summed E-state index contributed by atoms with van der Waals surface area (Å²) in [5.41, 5.74) is 10.4. The molecule has 0 saturated carbocycles. The number of nitrogens with two attached hydrogens (primary N) is 1. The second kappa shape index (κ2) is 8.52. The van der Waals surface area contributed by atoms with Crippen LogP contribution in [-0.4, -0.2) is 17.7 Å². The number of rotatable bonds is 7. The molecule has 0 aliphatic carbocycles. The highest BCUT2D eigenvalue weighted by molar-refractivity contribution is 5.92. The maximum absolute atomic E-state index is 5.96. The summed E-state index contributed by atoms with van der Waals surface area (Å²) in [6.45, 7) is 9.01. The van der Waals surface area contributed by atoms with Gasteiger partial charge in [-0.1, -0.05) is 31.1 Å². The van der Waals surface area contributed by atoms with E-state index in [-0.39, 0.29) is 0 Å². The molecule has 2 rings (SSSR count). The molecule has 5 heteroatoms. The third-order valence-corrected chi connectivity index (χ3v) is 4.41. The molecular weight excluding hydrogens is 300 g/mol. The zero-order valence-electron chi connectivity index (χ0n) is 15.1. The molecule has 1 aromatic heterocycles. The number of anilines is 1. The van der Waals surface area contributed by atoms with Gasteiger partial charge in [0.1, 0.15) is 5.76 Å². The Labute approximate surface area is 144 Å². The predicted octanol–water partition coefficient (Wildman–Crippen LogP) is 4.16. The number of nitrogens with one attached hydrogen (secondary N) is 1. The molecule has 1 heterocycles. The first kappa shape index (κ1) is 18.0. The van der Waals surface area contributed by atoms with E-state index >= 15 is 0 Å². The maximum Gasteiger partial charge on any atom is 0.193 e. The van der Waals surface area contributed by atoms with E-state index in [1.54, 1.807) is 0 Å². The maximum atomic E-state index is 5.96. The fraction of sp³-hybridized carbons (Fsp3) is 0.474. The molecule has 3 N–H and O–H groups in total. The van der Waals surface area contributed by atoms with Gasteiger partial charge in [-0.15, -0.1) is 0 Å². The van der Waals surface area contributed by atoms with Crippen LogP contribution in [-0.2, 0) is 6.42 Å². The van der Waals surface area contributed by atoms with Crippen molar-refractivity contribution < 1.29 is 4.52 Å². The highest BCUT2D eigenvalue weighted by atomic mass is 16.5. The molecule has 1 aromatic carbocycles. The molecule has 24 heavy (non-hydrogen) atoms. The van der Waals surface area contributed by atoms with E-state index in [0.717, 1.165) is 36.4 Å². The molecule has 5 nitrogen and oxygen atoms in total. The Hall–Kier alpha value is -2.30. The Kier molecular flexibility index (Phi) is 6.41. The number of aryl methyl sites for hydroxylation is 2. The topological polar surface area (TPSA) is 76.4 Å². The summed E-state index contributed by atoms with van der Waals surface area (Å²) in [7, 11) is 0. The Morgan fingerprint density at radius 1 is 1.29 bits per heavy atom. The summed E-state index contributed by atoms with van der Waals surface area (Å²) in [5.74, 6) is 1.92. The number of benzene rings is 1. The van der Waals surface area contributed by atoms with Gasteiger partial charge in [0, 0.05) is 17.8 Å². The molecule has 0 bridgehead atoms. The van der Waals surface area contributed by atoms with Gasteiger partial charge in [0.15, 0.2) is 5.96 Å². The van der Waals surface area contributed by atoms with Crippen molar-refractivity contribution in [1.82, 2.24) is 5.16 Å². The van der Waals surface area contributed by atoms with Crippen molar-refractivity contribution in [1.29, 1.82) is 0 Å². The van der Waals surface area contributed by atoms with Crippen LogP contribution in [0.5, 0.6) is 0 Å². The lowest BCUT2D eigenvalue weighted by Gasteiger charge is -2.10. The van der Waals surface area contributed by atoms with Gasteiger partial charge < -0.3 is 15.6 Å². The van der Waals surface area contributed by atoms with E-state index < -0.39 is 0 Å². The highest BCUT2D eigenvalue weighted by Gasteiger charge is 2.08. The lowest BCUT2D eigenvalue weighted by molar-refractivity contribution is 0.392. The van der Waals surface area contributed by atoms with E-state index in [1.165, 1.54) is 11.1 Å². The minimum Gasteiger partial charge on any atom is -0.370 e. The van der Waals surface area contributed by atoms with Crippen LogP contribution in [0.4, 0.5) is 5.69 Å². The van der Waals surface area contributed by atoms with Gasteiger partial charge in [-0.05, 0) is 56.7 Å². The molecule has 0 aliphatic rings. The van der Waals surface area contributed by atoms with E-state index in [4.69, 9.17) is 10.3 Å². The molecule has 2 aromatic rings. The predicted molar refractivity (Wildman–Crippen MR) is 99.6 cm³/mol. The van der Waals surface area contributed by atoms with Crippen LogP contribution >= 0.6 is 0 Å². The minimum absolute atomic E-state index is 0.449. The van der Waals surface area contributed by atoms with E-state index in [2.05, 4.69) is 41.4 Å². The Morgan fingerprint density at radius 2 is 2.00 bits per heavy atom. The molecule has 0 spiro atoms. The van der Waals surface area contributed by atoms with Crippen LogP contribution in [0.15, 0.2) is 33.8 Å². The average Bonchev–Trinajstić information content (AvgIpc) is 2.90. The molecule has 1 unspecified atom stereocenters. The minimum atomic E-state index is 0.449. The van der Waals surface area contributed by atoms with Gasteiger partial charge >= 0.3 is 0 Å². The van der Waals surface area contributed by atoms with Crippen molar-refractivity contribution >= 4 is 11.6 Å². The van der Waals surface area contributed by atoms with Crippen molar-refractivity contribution in [3.63, 3.8) is 0 Å². The first-order valence-corrected chi connectivity index (χ1v) is 8.60. The summed E-state index contributed by atoms with van der Waals surface area (Å²) < 4.78 is 5.16. The summed E-state index contributed by atoms with van der Waals surface area (Å²) in [6.07, 6.45) is 2.96. The number of aliphatic imine (C=N–C) groups is 1. The summed E-state index contributed by atoms with van der Waals surface area (Å²) >= 11 is 0. The van der Waals surface area contributed by atoms with Gasteiger partial charge in [0.25, 0.3) is 0 Å². The lowest BCUT2D eigenvalue weighted by atomic mass is 9.99. The standard InChI is InChI=1S/C19H28N4O/c1-5-13(2)16-8-10-17(11-9-16)22-19(20)21-12-6-7-18-14(3)23-24-15(18)4/h8-11,13H,5-7,12H2,1-4H3,(H3,20,21,22). The zero-order valence-corrected chi connectivity index (χ0v) is 15.1. The largest absolute Gasteiger partial charge is 0.370 e. The van der Waals surface area contributed by atoms with Crippen LogP contribution in [0, 0.1) is 13.8 Å². The summed E-state index contributed by atoms with van der Waals surface area (Å²) in [6, 6.07) is 8.38. The monoisotopic (exact) mass is 328 g/mol. The highest BCUT2D eigenvalue weighted by Crippen LogP contribution is 2.20. The molecule has 130 valence electrons. The van der Waals surface area contributed by atoms with Gasteiger partial charge in [-0.2, -0.15) is 0 Å². The molecule has 0 aliphatic heterocycles. The van der Waals surface area contributed by atoms with E-state index in [1.807, 2.05) is 26.0 Å². The quantitative estimate of drug-likeness (QED) is 0.454. The van der Waals surface area contributed by atoms with Gasteiger partial charge in [-0.3, -0.25) is 4.99 Å². The van der Waals surface area contributed by atoms with Crippen LogP contribution in [0.2, 0.25) is 0 Å². The first-order chi connectivity index (χ1) is 11.5. The van der Waals surface area contributed by atoms with Crippen LogP contribution in [0.3, 0.4) is 0 Å². The number of hydrogen-bond acceptors (Lipinski definition) is 3. The fourth-order valence-electron chi connectivity index (χ4n) is 2.63. The third-order valence-electron chi connectivity index (χ3n) is 4.41. The molecule has 0 radical (unpaired) electrons. The van der Waals surface area contributed by atoms with Gasteiger partial charge in [0.05, 0.1) is 5.69 Å². The first-order valence-electron chi connectivity index (χ1n) is 8.60. The third kappa shape index (κ3) is 4.85. The fourth-order valence-corrected chi connectivity index (χ4v) is 2.63. The Morgan fingerprint density at radius 3 is 2.58 bits per heavy atom. The molecule has 1 atom stereocenters. The summed E-state index contributed by atoms with van der Waals surface area (Å²) in [5, 5.41) is 7.10. The van der Waals surface area contributed by atoms with Crippen molar-refractivity contribution in [2.45, 2.75) is 52.9 Å². The van der Waals surface area contributed by atoms with E-state index in [9.17, 15) is 0 Å². The zero-order chi connectivity index (χ0) is 17.5. The second-order valence-corrected chi connectivity index (χ2v) is 6.23. The van der Waals surface area contributed by atoms with Gasteiger partial charge in [-0.25, -0.2) is 0 Å². The van der Waals surface area contributed by atoms with Gasteiger partial charge in [0.2, 0.25) is 0 Å². The number of hydrogen-bond donors (Lipinski definition) is 2. The van der Waals surface area contributed by atoms with Crippen molar-refractivity contribution in [2.24, 2.45) is 10.7 Å². The normalized spacial score (nSPS) is 13.1. The van der Waals surface area contributed by atoms with E-state index in [0.29, 0.717) is 18.4 Å². The smallest absolute Gasteiger partial charge is 0.193 e. The molecule has 0 fully saturated rings. The number of guanidine groups is 1. The molecule has 0 amide bonds. The SMILES string of the molecule is CCC(C)c1ccc(NC(N)=NCCCc2c(C)noc2C)cc1. The van der Waals surface area contributed by atoms with Crippen molar-refractivity contribution in [3.05, 3.63) is 46.8 Å². The van der Waals surface area contributed by atoms with Crippen LogP contribution in [0.25, 0.3) is 0 Å². The van der Waals surface area contributed by atoms with Crippen LogP contribution < -0.4 is 11.1 Å². The van der Waals surface area contributed by atoms with Crippen molar-refractivity contribution in [2.75, 3.05) is 11.9 Å². The van der Waals surface area contributed by atoms with Crippen LogP contribution in [0.1, 0.15) is 55.2 Å². The lowest BCUT2D eigenvalue weighted by Crippen LogP contribution is -2.22. The molecule has 0 saturated heterocycles. The number of nitrogens with zero attached hydrogens (tertiary/aromatic N) is 2. The Bertz CT molecular complexity index is 654. The van der Waals surface area contributed by atoms with Crippen molar-refractivity contribution in [3.8, 4) is 0 Å². The average molecular weight is 328 g/mol. The Balaban J connectivity index is 1.81. The molecular formula is C19H28N4O. The summed E-state index contributed by atoms with van der Waals surface area (Å²) in [4.78, 5) is 4.38.